The lowest BCUT2D eigenvalue weighted by molar-refractivity contribution is -0.173. The van der Waals surface area contributed by atoms with Gasteiger partial charge in [-0.25, -0.2) is 4.68 Å². The SMILES string of the molecule is Cc1ccc([C@H]2C[C@H](C(F)(F)F)n3ncc(C(=O)N4CCN(c5ccccc5)CC4)c3N2)cc1. The molecule has 6 nitrogen and oxygen atoms in total. The number of piperazine rings is 1. The number of hydrogen-bond donors (Lipinski definition) is 1. The van der Waals surface area contributed by atoms with E-state index in [0.717, 1.165) is 21.5 Å². The zero-order valence-electron chi connectivity index (χ0n) is 18.8. The molecule has 2 atom stereocenters. The van der Waals surface area contributed by atoms with Gasteiger partial charge in [-0.2, -0.15) is 18.3 Å². The minimum absolute atomic E-state index is 0.134. The predicted molar refractivity (Wildman–Crippen MR) is 124 cm³/mol. The maximum Gasteiger partial charge on any atom is 0.410 e. The molecule has 2 aliphatic rings. The first-order chi connectivity index (χ1) is 16.3. The summed E-state index contributed by atoms with van der Waals surface area (Å²) in [5, 5.41) is 7.18. The Bertz CT molecular complexity index is 1150. The van der Waals surface area contributed by atoms with Crippen molar-refractivity contribution >= 4 is 17.4 Å². The van der Waals surface area contributed by atoms with E-state index in [0.29, 0.717) is 26.2 Å². The Morgan fingerprint density at radius 3 is 2.32 bits per heavy atom. The zero-order valence-corrected chi connectivity index (χ0v) is 18.8. The number of alkyl halides is 3. The summed E-state index contributed by atoms with van der Waals surface area (Å²) in [7, 11) is 0. The lowest BCUT2D eigenvalue weighted by Gasteiger charge is -2.37. The number of carbonyl (C=O) groups is 1. The molecule has 3 aromatic rings. The number of para-hydroxylation sites is 1. The number of fused-ring (bicyclic) bond motifs is 1. The molecule has 2 aliphatic heterocycles. The van der Waals surface area contributed by atoms with Crippen LogP contribution in [0.5, 0.6) is 0 Å². The average molecular weight is 470 g/mol. The number of aromatic nitrogens is 2. The van der Waals surface area contributed by atoms with Crippen LogP contribution in [0, 0.1) is 6.92 Å². The Morgan fingerprint density at radius 1 is 1.00 bits per heavy atom. The van der Waals surface area contributed by atoms with Gasteiger partial charge in [0.25, 0.3) is 5.91 Å². The third kappa shape index (κ3) is 4.22. The minimum atomic E-state index is -4.48. The second kappa shape index (κ2) is 8.70. The number of amides is 1. The highest BCUT2D eigenvalue weighted by molar-refractivity contribution is 5.99. The molecule has 1 fully saturated rings. The van der Waals surface area contributed by atoms with Gasteiger partial charge in [0, 0.05) is 38.3 Å². The third-order valence-electron chi connectivity index (χ3n) is 6.64. The fraction of sp³-hybridized carbons (Fsp3) is 0.360. The molecule has 1 N–H and O–H groups in total. The van der Waals surface area contributed by atoms with Gasteiger partial charge in [-0.05, 0) is 24.6 Å². The van der Waals surface area contributed by atoms with Crippen LogP contribution >= 0.6 is 0 Å². The summed E-state index contributed by atoms with van der Waals surface area (Å²) in [6.45, 7) is 4.22. The molecule has 1 aromatic heterocycles. The molecule has 0 aliphatic carbocycles. The number of benzene rings is 2. The van der Waals surface area contributed by atoms with Gasteiger partial charge in [0.05, 0.1) is 12.2 Å². The summed E-state index contributed by atoms with van der Waals surface area (Å²) in [6, 6.07) is 15.0. The largest absolute Gasteiger partial charge is 0.410 e. The highest BCUT2D eigenvalue weighted by atomic mass is 19.4. The predicted octanol–water partition coefficient (Wildman–Crippen LogP) is 4.81. The first-order valence-corrected chi connectivity index (χ1v) is 11.4. The van der Waals surface area contributed by atoms with Crippen molar-refractivity contribution in [3.05, 3.63) is 77.5 Å². The van der Waals surface area contributed by atoms with E-state index in [-0.39, 0.29) is 23.7 Å². The van der Waals surface area contributed by atoms with Crippen LogP contribution in [0.2, 0.25) is 0 Å². The van der Waals surface area contributed by atoms with Crippen LogP contribution in [-0.2, 0) is 0 Å². The molecule has 34 heavy (non-hydrogen) atoms. The maximum absolute atomic E-state index is 14.0. The van der Waals surface area contributed by atoms with Crippen molar-refractivity contribution in [1.29, 1.82) is 0 Å². The Labute approximate surface area is 196 Å². The van der Waals surface area contributed by atoms with E-state index in [2.05, 4.69) is 15.3 Å². The van der Waals surface area contributed by atoms with Crippen molar-refractivity contribution in [1.82, 2.24) is 14.7 Å². The topological polar surface area (TPSA) is 53.4 Å². The fourth-order valence-corrected chi connectivity index (χ4v) is 4.71. The molecule has 5 rings (SSSR count). The van der Waals surface area contributed by atoms with Gasteiger partial charge in [-0.15, -0.1) is 0 Å². The van der Waals surface area contributed by atoms with Crippen molar-refractivity contribution in [2.24, 2.45) is 0 Å². The molecule has 1 saturated heterocycles. The molecular formula is C25H26F3N5O. The van der Waals surface area contributed by atoms with Crippen LogP contribution in [0.4, 0.5) is 24.7 Å². The van der Waals surface area contributed by atoms with E-state index < -0.39 is 18.3 Å². The smallest absolute Gasteiger partial charge is 0.368 e. The van der Waals surface area contributed by atoms with E-state index in [1.54, 1.807) is 4.90 Å². The van der Waals surface area contributed by atoms with Crippen LogP contribution in [0.25, 0.3) is 0 Å². The summed E-state index contributed by atoms with van der Waals surface area (Å²) in [4.78, 5) is 17.2. The summed E-state index contributed by atoms with van der Waals surface area (Å²) in [5.74, 6) is -0.165. The number of nitrogens with zero attached hydrogens (tertiary/aromatic N) is 4. The Hall–Kier alpha value is -3.49. The summed E-state index contributed by atoms with van der Waals surface area (Å²) in [6.07, 6.45) is -3.40. The number of carbonyl (C=O) groups excluding carboxylic acids is 1. The van der Waals surface area contributed by atoms with E-state index in [1.165, 1.54) is 6.20 Å². The lowest BCUT2D eigenvalue weighted by atomic mass is 9.96. The first-order valence-electron chi connectivity index (χ1n) is 11.4. The van der Waals surface area contributed by atoms with Crippen molar-refractivity contribution in [2.75, 3.05) is 36.4 Å². The molecule has 0 unspecified atom stereocenters. The first kappa shape index (κ1) is 22.3. The van der Waals surface area contributed by atoms with Crippen LogP contribution in [0.1, 0.15) is 40.0 Å². The Morgan fingerprint density at radius 2 is 1.68 bits per heavy atom. The van der Waals surface area contributed by atoms with Crippen LogP contribution in [-0.4, -0.2) is 52.9 Å². The molecule has 2 aromatic carbocycles. The second-order valence-corrected chi connectivity index (χ2v) is 8.87. The molecule has 1 amide bonds. The van der Waals surface area contributed by atoms with E-state index in [1.807, 2.05) is 61.5 Å². The number of nitrogens with one attached hydrogen (secondary N) is 1. The van der Waals surface area contributed by atoms with Crippen molar-refractivity contribution in [2.45, 2.75) is 31.6 Å². The van der Waals surface area contributed by atoms with Crippen LogP contribution in [0.15, 0.2) is 60.8 Å². The third-order valence-corrected chi connectivity index (χ3v) is 6.64. The Kier molecular flexibility index (Phi) is 5.71. The standard InChI is InChI=1S/C25H26F3N5O/c1-17-7-9-18(10-8-17)21-15-22(25(26,27)28)33-23(30-21)20(16-29-33)24(34)32-13-11-31(12-14-32)19-5-3-2-4-6-19/h2-10,16,21-22,30H,11-15H2,1H3/t21-,22-/m1/s1. The number of halogens is 3. The monoisotopic (exact) mass is 469 g/mol. The molecule has 9 heteroatoms. The highest BCUT2D eigenvalue weighted by Crippen LogP contribution is 2.44. The van der Waals surface area contributed by atoms with Gasteiger partial charge in [-0.1, -0.05) is 48.0 Å². The quantitative estimate of drug-likeness (QED) is 0.598. The molecule has 0 spiro atoms. The number of anilines is 2. The van der Waals surface area contributed by atoms with Crippen molar-refractivity contribution < 1.29 is 18.0 Å². The number of aryl methyl sites for hydroxylation is 1. The van der Waals surface area contributed by atoms with Gasteiger partial charge in [-0.3, -0.25) is 4.79 Å². The van der Waals surface area contributed by atoms with E-state index in [4.69, 9.17) is 0 Å². The van der Waals surface area contributed by atoms with E-state index >= 15 is 0 Å². The molecule has 0 radical (unpaired) electrons. The van der Waals surface area contributed by atoms with Gasteiger partial charge in [0.15, 0.2) is 6.04 Å². The molecule has 0 saturated carbocycles. The van der Waals surface area contributed by atoms with Gasteiger partial charge >= 0.3 is 6.18 Å². The van der Waals surface area contributed by atoms with Crippen LogP contribution in [0.3, 0.4) is 0 Å². The minimum Gasteiger partial charge on any atom is -0.368 e. The van der Waals surface area contributed by atoms with E-state index in [9.17, 15) is 18.0 Å². The molecule has 0 bridgehead atoms. The van der Waals surface area contributed by atoms with Crippen LogP contribution < -0.4 is 10.2 Å². The summed E-state index contributed by atoms with van der Waals surface area (Å²) in [5.41, 5.74) is 3.05. The highest BCUT2D eigenvalue weighted by Gasteiger charge is 2.47. The van der Waals surface area contributed by atoms with Gasteiger partial charge in [0.2, 0.25) is 0 Å². The molecule has 3 heterocycles. The van der Waals surface area contributed by atoms with Crippen molar-refractivity contribution in [3.8, 4) is 0 Å². The molecule has 178 valence electrons. The maximum atomic E-state index is 14.0. The lowest BCUT2D eigenvalue weighted by Crippen LogP contribution is -2.49. The number of hydrogen-bond acceptors (Lipinski definition) is 4. The number of rotatable bonds is 3. The normalized spacial score (nSPS) is 20.6. The van der Waals surface area contributed by atoms with Gasteiger partial charge in [0.1, 0.15) is 11.4 Å². The summed E-state index contributed by atoms with van der Waals surface area (Å²) >= 11 is 0. The molecular weight excluding hydrogens is 443 g/mol. The zero-order chi connectivity index (χ0) is 23.9. The van der Waals surface area contributed by atoms with Crippen molar-refractivity contribution in [3.63, 3.8) is 0 Å². The second-order valence-electron chi connectivity index (χ2n) is 8.87. The van der Waals surface area contributed by atoms with Gasteiger partial charge < -0.3 is 15.1 Å². The Balaban J connectivity index is 1.39. The summed E-state index contributed by atoms with van der Waals surface area (Å²) < 4.78 is 42.8. The average Bonchev–Trinajstić information content (AvgIpc) is 3.27. The fourth-order valence-electron chi connectivity index (χ4n) is 4.71.